The van der Waals surface area contributed by atoms with E-state index in [0.29, 0.717) is 5.57 Å². The molecule has 0 unspecified atom stereocenters. The van der Waals surface area contributed by atoms with Crippen molar-refractivity contribution in [2.45, 2.75) is 39.0 Å². The maximum Gasteiger partial charge on any atom is 0.244 e. The number of amides is 1. The maximum absolute atomic E-state index is 10.7. The molecule has 0 aliphatic rings. The Hall–Kier alpha value is -0.830. The number of hydrogen-bond donors (Lipinski definition) is 2. The number of nitrogens with one attached hydrogen (secondary N) is 1. The molecule has 0 aromatic rings. The molecule has 0 aromatic heterocycles. The minimum absolute atomic E-state index is 0.305. The summed E-state index contributed by atoms with van der Waals surface area (Å²) in [6.45, 7) is 2.86. The normalized spacial score (nSPS) is 11.7. The van der Waals surface area contributed by atoms with Gasteiger partial charge in [-0.3, -0.25) is 4.79 Å². The van der Waals surface area contributed by atoms with Crippen LogP contribution in [0.4, 0.5) is 0 Å². The number of hydrogen-bond acceptors (Lipinski definition) is 2. The van der Waals surface area contributed by atoms with Crippen molar-refractivity contribution in [3.05, 3.63) is 11.6 Å². The summed E-state index contributed by atoms with van der Waals surface area (Å²) in [5.74, 6) is -0.305. The lowest BCUT2D eigenvalue weighted by atomic mass is 10.1. The van der Waals surface area contributed by atoms with Gasteiger partial charge in [0.05, 0.1) is 0 Å². The molecule has 0 saturated heterocycles. The average molecular weight is 198 g/mol. The van der Waals surface area contributed by atoms with Crippen LogP contribution >= 0.6 is 0 Å². The minimum atomic E-state index is -0.305. The van der Waals surface area contributed by atoms with E-state index in [1.165, 1.54) is 19.3 Å². The first-order chi connectivity index (χ1) is 6.68. The van der Waals surface area contributed by atoms with Gasteiger partial charge < -0.3 is 11.1 Å². The second-order valence-electron chi connectivity index (χ2n) is 3.56. The van der Waals surface area contributed by atoms with Crippen molar-refractivity contribution in [2.24, 2.45) is 5.73 Å². The molecule has 0 atom stereocenters. The topological polar surface area (TPSA) is 55.1 Å². The van der Waals surface area contributed by atoms with Gasteiger partial charge in [0.25, 0.3) is 0 Å². The van der Waals surface area contributed by atoms with Crippen LogP contribution in [0, 0.1) is 0 Å². The van der Waals surface area contributed by atoms with E-state index in [4.69, 9.17) is 5.73 Å². The van der Waals surface area contributed by atoms with Gasteiger partial charge in [-0.25, -0.2) is 0 Å². The van der Waals surface area contributed by atoms with E-state index < -0.39 is 0 Å². The van der Waals surface area contributed by atoms with E-state index in [2.05, 4.69) is 5.32 Å². The van der Waals surface area contributed by atoms with Gasteiger partial charge in [0.15, 0.2) is 0 Å². The van der Waals surface area contributed by atoms with Crippen LogP contribution in [-0.2, 0) is 4.79 Å². The summed E-state index contributed by atoms with van der Waals surface area (Å²) in [6, 6.07) is 0. The van der Waals surface area contributed by atoms with Crippen molar-refractivity contribution in [2.75, 3.05) is 13.6 Å². The molecule has 0 bridgehead atoms. The molecular weight excluding hydrogens is 176 g/mol. The molecule has 0 aliphatic heterocycles. The zero-order chi connectivity index (χ0) is 10.8. The molecule has 0 spiro atoms. The molecular formula is C11H22N2O. The summed E-state index contributed by atoms with van der Waals surface area (Å²) in [5.41, 5.74) is 5.78. The first-order valence-electron chi connectivity index (χ1n) is 5.29. The quantitative estimate of drug-likeness (QED) is 0.459. The van der Waals surface area contributed by atoms with Crippen LogP contribution in [0.25, 0.3) is 0 Å². The first-order valence-corrected chi connectivity index (χ1v) is 5.29. The van der Waals surface area contributed by atoms with Crippen LogP contribution in [0.2, 0.25) is 0 Å². The molecule has 3 nitrogen and oxygen atoms in total. The molecule has 0 rings (SSSR count). The largest absolute Gasteiger partial charge is 0.366 e. The highest BCUT2D eigenvalue weighted by molar-refractivity contribution is 5.91. The Balaban J connectivity index is 3.29. The Bertz CT molecular complexity index is 188. The molecule has 3 heteroatoms. The van der Waals surface area contributed by atoms with E-state index in [-0.39, 0.29) is 5.91 Å². The molecule has 3 N–H and O–H groups in total. The number of unbranched alkanes of at least 4 members (excludes halogenated alkanes) is 4. The molecule has 0 aromatic carbocycles. The molecule has 0 heterocycles. The van der Waals surface area contributed by atoms with Gasteiger partial charge in [0.2, 0.25) is 5.91 Å². The van der Waals surface area contributed by atoms with Crippen LogP contribution < -0.4 is 11.1 Å². The van der Waals surface area contributed by atoms with E-state index in [0.717, 1.165) is 19.4 Å². The average Bonchev–Trinajstić information content (AvgIpc) is 2.16. The number of allylic oxidation sites excluding steroid dienone is 1. The van der Waals surface area contributed by atoms with Crippen LogP contribution in [0.15, 0.2) is 11.6 Å². The summed E-state index contributed by atoms with van der Waals surface area (Å²) in [7, 11) is 1.97. The van der Waals surface area contributed by atoms with E-state index in [1.54, 1.807) is 6.92 Å². The lowest BCUT2D eigenvalue weighted by molar-refractivity contribution is -0.114. The van der Waals surface area contributed by atoms with Gasteiger partial charge in [-0.05, 0) is 39.8 Å². The number of carbonyl (C=O) groups excluding carboxylic acids is 1. The lowest BCUT2D eigenvalue weighted by Gasteiger charge is -1.99. The van der Waals surface area contributed by atoms with Crippen LogP contribution in [0.1, 0.15) is 39.0 Å². The van der Waals surface area contributed by atoms with E-state index in [9.17, 15) is 4.79 Å². The molecule has 0 saturated carbocycles. The lowest BCUT2D eigenvalue weighted by Crippen LogP contribution is -2.11. The van der Waals surface area contributed by atoms with Gasteiger partial charge in [-0.1, -0.05) is 18.9 Å². The highest BCUT2D eigenvalue weighted by atomic mass is 16.1. The van der Waals surface area contributed by atoms with E-state index in [1.807, 2.05) is 13.1 Å². The highest BCUT2D eigenvalue weighted by Gasteiger charge is 1.95. The predicted octanol–water partition coefficient (Wildman–Crippen LogP) is 1.59. The molecule has 0 radical (unpaired) electrons. The molecule has 14 heavy (non-hydrogen) atoms. The van der Waals surface area contributed by atoms with Crippen LogP contribution in [0.3, 0.4) is 0 Å². The molecule has 0 fully saturated rings. The SMILES string of the molecule is CNCCCCCC/C=C(\C)C(N)=O. The van der Waals surface area contributed by atoms with Gasteiger partial charge in [0.1, 0.15) is 0 Å². The van der Waals surface area contributed by atoms with Crippen molar-refractivity contribution in [3.63, 3.8) is 0 Å². The zero-order valence-corrected chi connectivity index (χ0v) is 9.31. The van der Waals surface area contributed by atoms with E-state index >= 15 is 0 Å². The Morgan fingerprint density at radius 2 is 1.93 bits per heavy atom. The number of rotatable bonds is 8. The first kappa shape index (κ1) is 13.2. The third-order valence-corrected chi connectivity index (χ3v) is 2.22. The van der Waals surface area contributed by atoms with Crippen molar-refractivity contribution >= 4 is 5.91 Å². The zero-order valence-electron chi connectivity index (χ0n) is 9.31. The number of carbonyl (C=O) groups is 1. The second kappa shape index (κ2) is 8.75. The van der Waals surface area contributed by atoms with Crippen molar-refractivity contribution in [3.8, 4) is 0 Å². The van der Waals surface area contributed by atoms with Crippen LogP contribution in [0.5, 0.6) is 0 Å². The van der Waals surface area contributed by atoms with Gasteiger partial charge >= 0.3 is 0 Å². The van der Waals surface area contributed by atoms with Crippen molar-refractivity contribution in [1.29, 1.82) is 0 Å². The maximum atomic E-state index is 10.7. The molecule has 0 aliphatic carbocycles. The number of primary amides is 1. The highest BCUT2D eigenvalue weighted by Crippen LogP contribution is 2.04. The summed E-state index contributed by atoms with van der Waals surface area (Å²) in [5, 5.41) is 3.12. The van der Waals surface area contributed by atoms with Gasteiger partial charge in [-0.2, -0.15) is 0 Å². The minimum Gasteiger partial charge on any atom is -0.366 e. The summed E-state index contributed by atoms with van der Waals surface area (Å²) in [6.07, 6.45) is 7.76. The number of nitrogens with two attached hydrogens (primary N) is 1. The smallest absolute Gasteiger partial charge is 0.244 e. The molecule has 1 amide bonds. The Kier molecular flexibility index (Phi) is 8.24. The third kappa shape index (κ3) is 7.80. The fourth-order valence-corrected chi connectivity index (χ4v) is 1.22. The fraction of sp³-hybridized carbons (Fsp3) is 0.727. The van der Waals surface area contributed by atoms with Crippen LogP contribution in [-0.4, -0.2) is 19.5 Å². The second-order valence-corrected chi connectivity index (χ2v) is 3.56. The standard InChI is InChI=1S/C11H22N2O/c1-10(11(12)14)8-6-4-3-5-7-9-13-2/h8,13H,3-7,9H2,1-2H3,(H2,12,14)/b10-8+. The molecule has 82 valence electrons. The Labute approximate surface area is 86.8 Å². The van der Waals surface area contributed by atoms with Crippen molar-refractivity contribution in [1.82, 2.24) is 5.32 Å². The monoisotopic (exact) mass is 198 g/mol. The fourth-order valence-electron chi connectivity index (χ4n) is 1.22. The predicted molar refractivity (Wildman–Crippen MR) is 60.0 cm³/mol. The van der Waals surface area contributed by atoms with Gasteiger partial charge in [-0.15, -0.1) is 0 Å². The summed E-state index contributed by atoms with van der Waals surface area (Å²) < 4.78 is 0. The van der Waals surface area contributed by atoms with Crippen molar-refractivity contribution < 1.29 is 4.79 Å². The summed E-state index contributed by atoms with van der Waals surface area (Å²) in [4.78, 5) is 10.7. The Morgan fingerprint density at radius 1 is 1.29 bits per heavy atom. The third-order valence-electron chi connectivity index (χ3n) is 2.22. The summed E-state index contributed by atoms with van der Waals surface area (Å²) >= 11 is 0. The Morgan fingerprint density at radius 3 is 2.50 bits per heavy atom. The van der Waals surface area contributed by atoms with Gasteiger partial charge in [0, 0.05) is 5.57 Å².